The van der Waals surface area contributed by atoms with Gasteiger partial charge in [0.1, 0.15) is 12.0 Å². The van der Waals surface area contributed by atoms with E-state index in [0.29, 0.717) is 12.8 Å². The Bertz CT molecular complexity index is 519. The summed E-state index contributed by atoms with van der Waals surface area (Å²) in [7, 11) is 0. The number of aromatic nitrogens is 2. The highest BCUT2D eigenvalue weighted by atomic mass is 16.5. The summed E-state index contributed by atoms with van der Waals surface area (Å²) in [5.41, 5.74) is 3.91. The molecule has 0 amide bonds. The van der Waals surface area contributed by atoms with Gasteiger partial charge in [-0.3, -0.25) is 4.57 Å². The average molecular weight is 235 g/mol. The van der Waals surface area contributed by atoms with Gasteiger partial charge in [0.15, 0.2) is 5.60 Å². The topological polar surface area (TPSA) is 90.4 Å². The zero-order valence-electron chi connectivity index (χ0n) is 9.17. The maximum Gasteiger partial charge on any atom is 0.351 e. The van der Waals surface area contributed by atoms with Crippen LogP contribution in [-0.4, -0.2) is 26.9 Å². The second kappa shape index (κ2) is 4.20. The average Bonchev–Trinajstić information content (AvgIpc) is 2.74. The third-order valence-electron chi connectivity index (χ3n) is 2.84. The smallest absolute Gasteiger partial charge is 0.351 e. The maximum absolute atomic E-state index is 11.6. The summed E-state index contributed by atoms with van der Waals surface area (Å²) in [6.07, 6.45) is 7.39. The van der Waals surface area contributed by atoms with Crippen LogP contribution in [0.25, 0.3) is 0 Å². The Labute approximate surface area is 98.0 Å². The Kier molecular flexibility index (Phi) is 2.88. The molecule has 6 nitrogen and oxygen atoms in total. The first-order valence-electron chi connectivity index (χ1n) is 5.21. The van der Waals surface area contributed by atoms with Crippen molar-refractivity contribution in [3.05, 3.63) is 22.7 Å². The van der Waals surface area contributed by atoms with Gasteiger partial charge in [-0.1, -0.05) is 5.92 Å². The third-order valence-corrected chi connectivity index (χ3v) is 2.84. The largest absolute Gasteiger partial charge is 0.392 e. The molecule has 3 N–H and O–H groups in total. The Balaban J connectivity index is 2.27. The molecule has 6 heteroatoms. The molecular weight excluding hydrogens is 222 g/mol. The normalized spacial score (nSPS) is 27.9. The molecule has 1 aliphatic rings. The van der Waals surface area contributed by atoms with Crippen molar-refractivity contribution in [3.63, 3.8) is 0 Å². The molecule has 0 aromatic carbocycles. The van der Waals surface area contributed by atoms with Gasteiger partial charge in [0, 0.05) is 6.20 Å². The summed E-state index contributed by atoms with van der Waals surface area (Å²) >= 11 is 0. The van der Waals surface area contributed by atoms with E-state index in [2.05, 4.69) is 10.9 Å². The standard InChI is InChI=1S/C11H13N3O3/c1-2-11(7-15)5-3-9(17-11)14-6-4-8(12)13-10(14)16/h1,4,6,9,15H,3,5,7H2,(H2,12,13,16)/t9-,11+/m0/s1. The number of hydrogen-bond donors (Lipinski definition) is 2. The van der Waals surface area contributed by atoms with Crippen LogP contribution in [0.5, 0.6) is 0 Å². The van der Waals surface area contributed by atoms with Crippen molar-refractivity contribution in [1.29, 1.82) is 0 Å². The molecule has 1 saturated heterocycles. The van der Waals surface area contributed by atoms with E-state index in [4.69, 9.17) is 16.9 Å². The van der Waals surface area contributed by atoms with Crippen LogP contribution < -0.4 is 11.4 Å². The zero-order valence-corrected chi connectivity index (χ0v) is 9.17. The fraction of sp³-hybridized carbons (Fsp3) is 0.455. The number of ether oxygens (including phenoxy) is 1. The molecular formula is C11H13N3O3. The fourth-order valence-corrected chi connectivity index (χ4v) is 1.84. The molecule has 0 radical (unpaired) electrons. The van der Waals surface area contributed by atoms with Crippen molar-refractivity contribution >= 4 is 5.82 Å². The lowest BCUT2D eigenvalue weighted by atomic mass is 10.0. The summed E-state index contributed by atoms with van der Waals surface area (Å²) in [5.74, 6) is 2.59. The van der Waals surface area contributed by atoms with E-state index in [-0.39, 0.29) is 12.4 Å². The van der Waals surface area contributed by atoms with E-state index >= 15 is 0 Å². The van der Waals surface area contributed by atoms with Crippen molar-refractivity contribution in [2.45, 2.75) is 24.7 Å². The van der Waals surface area contributed by atoms with Gasteiger partial charge in [-0.2, -0.15) is 4.98 Å². The van der Waals surface area contributed by atoms with E-state index < -0.39 is 17.5 Å². The second-order valence-corrected chi connectivity index (χ2v) is 3.95. The molecule has 2 rings (SSSR count). The molecule has 1 aromatic heterocycles. The van der Waals surface area contributed by atoms with Gasteiger partial charge >= 0.3 is 5.69 Å². The van der Waals surface area contributed by atoms with Gasteiger partial charge in [-0.25, -0.2) is 4.79 Å². The number of rotatable bonds is 2. The van der Waals surface area contributed by atoms with Crippen molar-refractivity contribution in [1.82, 2.24) is 9.55 Å². The van der Waals surface area contributed by atoms with Crippen molar-refractivity contribution in [3.8, 4) is 12.3 Å². The van der Waals surface area contributed by atoms with Gasteiger partial charge in [-0.15, -0.1) is 6.42 Å². The van der Waals surface area contributed by atoms with E-state index in [0.717, 1.165) is 0 Å². The van der Waals surface area contributed by atoms with Gasteiger partial charge in [0.2, 0.25) is 0 Å². The van der Waals surface area contributed by atoms with Crippen molar-refractivity contribution in [2.75, 3.05) is 12.3 Å². The minimum absolute atomic E-state index is 0.162. The maximum atomic E-state index is 11.6. The van der Waals surface area contributed by atoms with Crippen LogP contribution in [0.3, 0.4) is 0 Å². The van der Waals surface area contributed by atoms with Gasteiger partial charge in [-0.05, 0) is 18.9 Å². The minimum atomic E-state index is -0.995. The number of nitrogens with two attached hydrogens (primary N) is 1. The second-order valence-electron chi connectivity index (χ2n) is 3.95. The number of aliphatic hydroxyl groups is 1. The number of nitrogens with zero attached hydrogens (tertiary/aromatic N) is 2. The zero-order chi connectivity index (χ0) is 12.5. The molecule has 0 saturated carbocycles. The molecule has 1 fully saturated rings. The molecule has 2 heterocycles. The SMILES string of the molecule is C#C[C@]1(CO)CC[C@@H](n2ccc(N)nc2=O)O1. The number of anilines is 1. The Hall–Kier alpha value is -1.84. The van der Waals surface area contributed by atoms with Crippen LogP contribution >= 0.6 is 0 Å². The Morgan fingerprint density at radius 2 is 2.59 bits per heavy atom. The summed E-state index contributed by atoms with van der Waals surface area (Å²) in [4.78, 5) is 15.2. The third kappa shape index (κ3) is 2.02. The van der Waals surface area contributed by atoms with E-state index in [9.17, 15) is 9.90 Å². The first-order chi connectivity index (χ1) is 8.10. The number of nitrogen functional groups attached to an aromatic ring is 1. The first kappa shape index (κ1) is 11.6. The molecule has 0 spiro atoms. The van der Waals surface area contributed by atoms with Crippen LogP contribution in [0.15, 0.2) is 17.1 Å². The lowest BCUT2D eigenvalue weighted by Gasteiger charge is -2.21. The number of aliphatic hydroxyl groups excluding tert-OH is 1. The number of hydrogen-bond acceptors (Lipinski definition) is 5. The molecule has 90 valence electrons. The highest BCUT2D eigenvalue weighted by Gasteiger charge is 2.39. The van der Waals surface area contributed by atoms with Crippen LogP contribution in [0, 0.1) is 12.3 Å². The lowest BCUT2D eigenvalue weighted by molar-refractivity contribution is -0.0648. The highest BCUT2D eigenvalue weighted by molar-refractivity contribution is 5.23. The number of terminal acetylenes is 1. The summed E-state index contributed by atoms with van der Waals surface area (Å²) in [5, 5.41) is 9.20. The van der Waals surface area contributed by atoms with Crippen LogP contribution in [0.1, 0.15) is 19.1 Å². The van der Waals surface area contributed by atoms with Crippen LogP contribution in [0.4, 0.5) is 5.82 Å². The van der Waals surface area contributed by atoms with Gasteiger partial charge in [0.05, 0.1) is 6.61 Å². The fourth-order valence-electron chi connectivity index (χ4n) is 1.84. The van der Waals surface area contributed by atoms with Crippen molar-refractivity contribution in [2.24, 2.45) is 0 Å². The van der Waals surface area contributed by atoms with Crippen molar-refractivity contribution < 1.29 is 9.84 Å². The predicted octanol–water partition coefficient (Wildman–Crippen LogP) is -0.501. The highest BCUT2D eigenvalue weighted by Crippen LogP contribution is 2.34. The monoisotopic (exact) mass is 235 g/mol. The molecule has 0 aliphatic carbocycles. The quantitative estimate of drug-likeness (QED) is 0.674. The van der Waals surface area contributed by atoms with E-state index in [1.165, 1.54) is 16.8 Å². The molecule has 1 aliphatic heterocycles. The first-order valence-corrected chi connectivity index (χ1v) is 5.21. The Morgan fingerprint density at radius 1 is 1.82 bits per heavy atom. The van der Waals surface area contributed by atoms with E-state index in [1.54, 1.807) is 0 Å². The molecule has 0 bridgehead atoms. The summed E-state index contributed by atoms with van der Waals surface area (Å²) in [6.45, 7) is -0.267. The summed E-state index contributed by atoms with van der Waals surface area (Å²) < 4.78 is 6.87. The molecule has 17 heavy (non-hydrogen) atoms. The van der Waals surface area contributed by atoms with E-state index in [1.807, 2.05) is 0 Å². The Morgan fingerprint density at radius 3 is 3.12 bits per heavy atom. The summed E-state index contributed by atoms with van der Waals surface area (Å²) in [6, 6.07) is 1.51. The van der Waals surface area contributed by atoms with Gasteiger partial charge < -0.3 is 15.6 Å². The van der Waals surface area contributed by atoms with Crippen LogP contribution in [-0.2, 0) is 4.74 Å². The molecule has 2 atom stereocenters. The minimum Gasteiger partial charge on any atom is -0.392 e. The lowest BCUT2D eigenvalue weighted by Crippen LogP contribution is -2.33. The molecule has 1 aromatic rings. The molecule has 0 unspecified atom stereocenters. The predicted molar refractivity (Wildman–Crippen MR) is 60.9 cm³/mol. The van der Waals surface area contributed by atoms with Crippen LogP contribution in [0.2, 0.25) is 0 Å². The van der Waals surface area contributed by atoms with Gasteiger partial charge in [0.25, 0.3) is 0 Å².